The van der Waals surface area contributed by atoms with Crippen LogP contribution in [0.1, 0.15) is 12.5 Å². The molecule has 1 heterocycles. The lowest BCUT2D eigenvalue weighted by atomic mass is 10.1. The van der Waals surface area contributed by atoms with E-state index in [0.717, 1.165) is 5.56 Å². The number of aromatic nitrogens is 2. The van der Waals surface area contributed by atoms with Gasteiger partial charge in [-0.25, -0.2) is 9.18 Å². The molecule has 3 rings (SSSR count). The van der Waals surface area contributed by atoms with Crippen LogP contribution in [0, 0.1) is 12.7 Å². The average molecular weight is 347 g/mol. The molecule has 0 aliphatic heterocycles. The van der Waals surface area contributed by atoms with E-state index in [9.17, 15) is 9.18 Å². The summed E-state index contributed by atoms with van der Waals surface area (Å²) in [5.41, 5.74) is 1.97. The number of benzene rings is 2. The smallest absolute Gasteiger partial charge is 0.330 e. The van der Waals surface area contributed by atoms with E-state index in [1.807, 2.05) is 13.0 Å². The van der Waals surface area contributed by atoms with Gasteiger partial charge in [0.05, 0.1) is 23.0 Å². The fourth-order valence-corrected chi connectivity index (χ4v) is 2.64. The van der Waals surface area contributed by atoms with Crippen LogP contribution < -0.4 is 10.4 Å². The Labute approximate surface area is 143 Å². The van der Waals surface area contributed by atoms with Crippen LogP contribution >= 0.6 is 11.6 Å². The van der Waals surface area contributed by atoms with Gasteiger partial charge in [-0.15, -0.1) is 0 Å². The van der Waals surface area contributed by atoms with Crippen LogP contribution in [0.2, 0.25) is 5.02 Å². The van der Waals surface area contributed by atoms with Crippen molar-refractivity contribution in [3.63, 3.8) is 0 Å². The maximum Gasteiger partial charge on any atom is 0.330 e. The number of imidazole rings is 1. The Morgan fingerprint density at radius 3 is 2.71 bits per heavy atom. The molecule has 3 aromatic rings. The van der Waals surface area contributed by atoms with Gasteiger partial charge in [0, 0.05) is 11.8 Å². The van der Waals surface area contributed by atoms with E-state index in [1.165, 1.54) is 10.6 Å². The van der Waals surface area contributed by atoms with Crippen molar-refractivity contribution in [3.05, 3.63) is 69.5 Å². The molecule has 2 aromatic carbocycles. The summed E-state index contributed by atoms with van der Waals surface area (Å²) in [6.45, 7) is 4.07. The van der Waals surface area contributed by atoms with Gasteiger partial charge in [-0.3, -0.25) is 4.57 Å². The van der Waals surface area contributed by atoms with E-state index in [2.05, 4.69) is 4.98 Å². The highest BCUT2D eigenvalue weighted by Crippen LogP contribution is 2.29. The molecular formula is C18H16ClFN2O2. The number of hydrogen-bond donors (Lipinski definition) is 1. The first-order valence-corrected chi connectivity index (χ1v) is 7.88. The van der Waals surface area contributed by atoms with E-state index in [0.29, 0.717) is 34.3 Å². The van der Waals surface area contributed by atoms with Gasteiger partial charge in [-0.2, -0.15) is 0 Å². The van der Waals surface area contributed by atoms with Gasteiger partial charge in [-0.05, 0) is 49.7 Å². The Balaban J connectivity index is 2.01. The van der Waals surface area contributed by atoms with Gasteiger partial charge in [-0.1, -0.05) is 17.7 Å². The molecule has 0 amide bonds. The van der Waals surface area contributed by atoms with E-state index >= 15 is 0 Å². The Morgan fingerprint density at radius 1 is 1.25 bits per heavy atom. The highest BCUT2D eigenvalue weighted by molar-refractivity contribution is 6.32. The highest BCUT2D eigenvalue weighted by Gasteiger charge is 2.10. The molecule has 4 nitrogen and oxygen atoms in total. The van der Waals surface area contributed by atoms with Crippen LogP contribution in [0.4, 0.5) is 4.39 Å². The molecule has 0 bridgehead atoms. The zero-order valence-corrected chi connectivity index (χ0v) is 14.0. The van der Waals surface area contributed by atoms with Crippen LogP contribution in [0.15, 0.2) is 47.4 Å². The number of halogens is 2. The lowest BCUT2D eigenvalue weighted by molar-refractivity contribution is 0.340. The molecule has 0 radical (unpaired) electrons. The number of H-pyrrole nitrogens is 1. The van der Waals surface area contributed by atoms with Crippen molar-refractivity contribution in [1.82, 2.24) is 9.55 Å². The standard InChI is InChI=1S/C18H16ClFN2O2/c1-3-24-17-7-5-12(8-14(17)19)16-10-22(18(23)21-16)13-6-4-11(2)15(20)9-13/h4-10H,3H2,1-2H3,(H,21,23). The van der Waals surface area contributed by atoms with Gasteiger partial charge in [0.25, 0.3) is 0 Å². The number of aromatic amines is 1. The Kier molecular flexibility index (Phi) is 4.44. The van der Waals surface area contributed by atoms with Crippen molar-refractivity contribution in [1.29, 1.82) is 0 Å². The second-order valence-electron chi connectivity index (χ2n) is 5.35. The number of ether oxygens (including phenoxy) is 1. The fourth-order valence-electron chi connectivity index (χ4n) is 2.41. The second kappa shape index (κ2) is 6.53. The summed E-state index contributed by atoms with van der Waals surface area (Å²) in [6, 6.07) is 9.95. The molecule has 0 saturated carbocycles. The molecule has 1 N–H and O–H groups in total. The Bertz CT molecular complexity index is 946. The van der Waals surface area contributed by atoms with Crippen molar-refractivity contribution >= 4 is 11.6 Å². The van der Waals surface area contributed by atoms with Gasteiger partial charge >= 0.3 is 5.69 Å². The number of rotatable bonds is 4. The van der Waals surface area contributed by atoms with E-state index in [4.69, 9.17) is 16.3 Å². The summed E-state index contributed by atoms with van der Waals surface area (Å²) in [7, 11) is 0. The molecule has 1 aromatic heterocycles. The molecule has 0 atom stereocenters. The highest BCUT2D eigenvalue weighted by atomic mass is 35.5. The molecule has 0 unspecified atom stereocenters. The summed E-state index contributed by atoms with van der Waals surface area (Å²) >= 11 is 6.19. The van der Waals surface area contributed by atoms with Crippen molar-refractivity contribution in [2.45, 2.75) is 13.8 Å². The topological polar surface area (TPSA) is 47.0 Å². The van der Waals surface area contributed by atoms with E-state index in [1.54, 1.807) is 37.4 Å². The molecule has 24 heavy (non-hydrogen) atoms. The predicted molar refractivity (Wildman–Crippen MR) is 92.7 cm³/mol. The third kappa shape index (κ3) is 3.08. The van der Waals surface area contributed by atoms with Crippen molar-refractivity contribution < 1.29 is 9.13 Å². The van der Waals surface area contributed by atoms with Crippen LogP contribution in [-0.4, -0.2) is 16.2 Å². The summed E-state index contributed by atoms with van der Waals surface area (Å²) in [6.07, 6.45) is 1.62. The number of nitrogens with one attached hydrogen (secondary N) is 1. The molecule has 0 aliphatic rings. The van der Waals surface area contributed by atoms with Gasteiger partial charge in [0.15, 0.2) is 0 Å². The Morgan fingerprint density at radius 2 is 2.04 bits per heavy atom. The minimum atomic E-state index is -0.355. The molecule has 0 aliphatic carbocycles. The van der Waals surface area contributed by atoms with Crippen LogP contribution in [0.5, 0.6) is 5.75 Å². The first kappa shape index (κ1) is 16.3. The lowest BCUT2D eigenvalue weighted by Crippen LogP contribution is -2.14. The minimum absolute atomic E-state index is 0.349. The minimum Gasteiger partial charge on any atom is -0.492 e. The summed E-state index contributed by atoms with van der Waals surface area (Å²) in [5.74, 6) is 0.233. The maximum absolute atomic E-state index is 13.7. The summed E-state index contributed by atoms with van der Waals surface area (Å²) < 4.78 is 20.5. The van der Waals surface area contributed by atoms with Crippen LogP contribution in [0.3, 0.4) is 0 Å². The first-order valence-electron chi connectivity index (χ1n) is 7.50. The van der Waals surface area contributed by atoms with Gasteiger partial charge in [0.2, 0.25) is 0 Å². The van der Waals surface area contributed by atoms with Crippen LogP contribution in [0.25, 0.3) is 16.9 Å². The molecule has 124 valence electrons. The third-order valence-electron chi connectivity index (χ3n) is 3.69. The normalized spacial score (nSPS) is 10.8. The third-order valence-corrected chi connectivity index (χ3v) is 3.99. The molecule has 0 spiro atoms. The molecule has 6 heteroatoms. The molecule has 0 fully saturated rings. The average Bonchev–Trinajstić information content (AvgIpc) is 2.94. The largest absolute Gasteiger partial charge is 0.492 e. The monoisotopic (exact) mass is 346 g/mol. The zero-order chi connectivity index (χ0) is 17.3. The van der Waals surface area contributed by atoms with Crippen LogP contribution in [-0.2, 0) is 0 Å². The summed E-state index contributed by atoms with van der Waals surface area (Å²) in [5, 5.41) is 0.462. The molecular weight excluding hydrogens is 331 g/mol. The molecule has 0 saturated heterocycles. The van der Waals surface area contributed by atoms with E-state index in [-0.39, 0.29) is 11.5 Å². The SMILES string of the molecule is CCOc1ccc(-c2cn(-c3ccc(C)c(F)c3)c(=O)[nH]2)cc1Cl. The second-order valence-corrected chi connectivity index (χ2v) is 5.76. The van der Waals surface area contributed by atoms with Gasteiger partial charge < -0.3 is 9.72 Å². The van der Waals surface area contributed by atoms with Crippen molar-refractivity contribution in [2.75, 3.05) is 6.61 Å². The quantitative estimate of drug-likeness (QED) is 0.764. The Hall–Kier alpha value is -2.53. The van der Waals surface area contributed by atoms with E-state index < -0.39 is 0 Å². The maximum atomic E-state index is 13.7. The van der Waals surface area contributed by atoms with Gasteiger partial charge in [0.1, 0.15) is 11.6 Å². The van der Waals surface area contributed by atoms with Crippen molar-refractivity contribution in [2.24, 2.45) is 0 Å². The summed E-state index contributed by atoms with van der Waals surface area (Å²) in [4.78, 5) is 14.9. The fraction of sp³-hybridized carbons (Fsp3) is 0.167. The lowest BCUT2D eigenvalue weighted by Gasteiger charge is -2.06. The predicted octanol–water partition coefficient (Wildman–Crippen LogP) is 4.33. The first-order chi connectivity index (χ1) is 11.5. The number of nitrogens with zero attached hydrogens (tertiary/aromatic N) is 1. The zero-order valence-electron chi connectivity index (χ0n) is 13.3. The van der Waals surface area contributed by atoms with Crippen molar-refractivity contribution in [3.8, 4) is 22.7 Å². The number of aryl methyl sites for hydroxylation is 1. The number of hydrogen-bond acceptors (Lipinski definition) is 2.